The first-order valence-electron chi connectivity index (χ1n) is 7.42. The number of benzene rings is 1. The van der Waals surface area contributed by atoms with Crippen molar-refractivity contribution in [3.05, 3.63) is 33.8 Å². The minimum absolute atomic E-state index is 0.00132. The van der Waals surface area contributed by atoms with Crippen LogP contribution in [0.3, 0.4) is 0 Å². The van der Waals surface area contributed by atoms with Gasteiger partial charge in [-0.05, 0) is 49.8 Å². The van der Waals surface area contributed by atoms with Crippen LogP contribution in [0.2, 0.25) is 10.0 Å². The van der Waals surface area contributed by atoms with Gasteiger partial charge in [0.2, 0.25) is 5.91 Å². The number of aryl methyl sites for hydroxylation is 1. The Bertz CT molecular complexity index is 562. The minimum Gasteiger partial charge on any atom is -0.481 e. The Labute approximate surface area is 139 Å². The van der Waals surface area contributed by atoms with Crippen molar-refractivity contribution in [3.8, 4) is 0 Å². The summed E-state index contributed by atoms with van der Waals surface area (Å²) in [6, 6.07) is 5.47. The Balaban J connectivity index is 1.70. The lowest BCUT2D eigenvalue weighted by Gasteiger charge is -2.12. The quantitative estimate of drug-likeness (QED) is 0.827. The van der Waals surface area contributed by atoms with Gasteiger partial charge in [-0.2, -0.15) is 0 Å². The predicted molar refractivity (Wildman–Crippen MR) is 86.3 cm³/mol. The van der Waals surface area contributed by atoms with Gasteiger partial charge < -0.3 is 10.4 Å². The van der Waals surface area contributed by atoms with Gasteiger partial charge in [0.25, 0.3) is 0 Å². The number of amides is 1. The van der Waals surface area contributed by atoms with Crippen LogP contribution in [0.5, 0.6) is 0 Å². The van der Waals surface area contributed by atoms with Crippen LogP contribution in [0, 0.1) is 5.92 Å². The fourth-order valence-corrected chi connectivity index (χ4v) is 3.11. The molecule has 2 N–H and O–H groups in total. The summed E-state index contributed by atoms with van der Waals surface area (Å²) in [4.78, 5) is 22.8. The normalized spacial score (nSPS) is 20.8. The molecule has 0 radical (unpaired) electrons. The molecule has 0 spiro atoms. The van der Waals surface area contributed by atoms with E-state index in [9.17, 15) is 9.59 Å². The number of halogens is 2. The van der Waals surface area contributed by atoms with Crippen molar-refractivity contribution in [2.45, 2.75) is 44.6 Å². The van der Waals surface area contributed by atoms with Crippen LogP contribution < -0.4 is 5.32 Å². The summed E-state index contributed by atoms with van der Waals surface area (Å²) >= 11 is 11.8. The molecule has 6 heteroatoms. The second-order valence-electron chi connectivity index (χ2n) is 5.71. The summed E-state index contributed by atoms with van der Waals surface area (Å²) in [5, 5.41) is 12.9. The van der Waals surface area contributed by atoms with Crippen molar-refractivity contribution in [2.24, 2.45) is 5.92 Å². The van der Waals surface area contributed by atoms with E-state index in [4.69, 9.17) is 28.3 Å². The van der Waals surface area contributed by atoms with Crippen LogP contribution in [-0.4, -0.2) is 23.0 Å². The third kappa shape index (κ3) is 4.89. The summed E-state index contributed by atoms with van der Waals surface area (Å²) in [6.07, 6.45) is 3.83. The molecule has 0 bridgehead atoms. The third-order valence-corrected chi connectivity index (χ3v) is 4.74. The fourth-order valence-electron chi connectivity index (χ4n) is 2.78. The van der Waals surface area contributed by atoms with Crippen LogP contribution in [0.4, 0.5) is 0 Å². The minimum atomic E-state index is -0.767. The molecule has 1 saturated carbocycles. The molecular formula is C16H19Cl2NO3. The maximum Gasteiger partial charge on any atom is 0.306 e. The first-order valence-corrected chi connectivity index (χ1v) is 8.17. The molecule has 1 fully saturated rings. The van der Waals surface area contributed by atoms with E-state index in [1.165, 1.54) is 0 Å². The van der Waals surface area contributed by atoms with E-state index < -0.39 is 5.97 Å². The molecule has 0 aliphatic heterocycles. The van der Waals surface area contributed by atoms with Crippen LogP contribution in [0.25, 0.3) is 0 Å². The van der Waals surface area contributed by atoms with Gasteiger partial charge in [-0.1, -0.05) is 29.3 Å². The summed E-state index contributed by atoms with van der Waals surface area (Å²) in [5.74, 6) is -1.10. The van der Waals surface area contributed by atoms with E-state index >= 15 is 0 Å². The van der Waals surface area contributed by atoms with Crippen molar-refractivity contribution < 1.29 is 14.7 Å². The number of carboxylic acid groups (broad SMARTS) is 1. The largest absolute Gasteiger partial charge is 0.481 e. The standard InChI is InChI=1S/C16H19Cl2NO3/c17-13-7-4-10(8-14(13)18)2-1-3-15(20)19-12-6-5-11(9-12)16(21)22/h4,7-8,11-12H,1-3,5-6,9H2,(H,19,20)(H,21,22)/t11-,12+/m0/s1. The number of carboxylic acids is 1. The molecule has 1 aromatic rings. The summed E-state index contributed by atoms with van der Waals surface area (Å²) in [6.45, 7) is 0. The number of carbonyl (C=O) groups is 2. The van der Waals surface area contributed by atoms with E-state index in [1.807, 2.05) is 12.1 Å². The zero-order valence-electron chi connectivity index (χ0n) is 12.1. The Hall–Kier alpha value is -1.26. The van der Waals surface area contributed by atoms with Crippen LogP contribution in [-0.2, 0) is 16.0 Å². The highest BCUT2D eigenvalue weighted by Gasteiger charge is 2.30. The number of hydrogen-bond acceptors (Lipinski definition) is 2. The van der Waals surface area contributed by atoms with Crippen molar-refractivity contribution in [1.82, 2.24) is 5.32 Å². The molecular weight excluding hydrogens is 325 g/mol. The summed E-state index contributed by atoms with van der Waals surface area (Å²) < 4.78 is 0. The SMILES string of the molecule is O=C(CCCc1ccc(Cl)c(Cl)c1)N[C@@H]1CC[C@H](C(=O)O)C1. The molecule has 0 unspecified atom stereocenters. The zero-order chi connectivity index (χ0) is 16.1. The summed E-state index contributed by atoms with van der Waals surface area (Å²) in [7, 11) is 0. The lowest BCUT2D eigenvalue weighted by Crippen LogP contribution is -2.33. The van der Waals surface area contributed by atoms with E-state index in [-0.39, 0.29) is 17.9 Å². The number of rotatable bonds is 6. The fraction of sp³-hybridized carbons (Fsp3) is 0.500. The topological polar surface area (TPSA) is 66.4 Å². The highest BCUT2D eigenvalue weighted by molar-refractivity contribution is 6.42. The van der Waals surface area contributed by atoms with Gasteiger partial charge in [0.15, 0.2) is 0 Å². The van der Waals surface area contributed by atoms with Gasteiger partial charge in [-0.25, -0.2) is 0 Å². The van der Waals surface area contributed by atoms with Gasteiger partial charge in [0.05, 0.1) is 16.0 Å². The molecule has 22 heavy (non-hydrogen) atoms. The highest BCUT2D eigenvalue weighted by atomic mass is 35.5. The molecule has 0 heterocycles. The lowest BCUT2D eigenvalue weighted by atomic mass is 10.1. The first kappa shape index (κ1) is 17.1. The Morgan fingerprint density at radius 1 is 1.23 bits per heavy atom. The Kier molecular flexibility index (Phi) is 6.09. The van der Waals surface area contributed by atoms with Crippen molar-refractivity contribution in [2.75, 3.05) is 0 Å². The van der Waals surface area contributed by atoms with Crippen LogP contribution >= 0.6 is 23.2 Å². The van der Waals surface area contributed by atoms with Gasteiger partial charge in [0, 0.05) is 12.5 Å². The number of nitrogens with one attached hydrogen (secondary N) is 1. The van der Waals surface area contributed by atoms with Gasteiger partial charge >= 0.3 is 5.97 Å². The third-order valence-electron chi connectivity index (χ3n) is 4.00. The molecule has 120 valence electrons. The summed E-state index contributed by atoms with van der Waals surface area (Å²) in [5.41, 5.74) is 1.05. The van der Waals surface area contributed by atoms with Crippen molar-refractivity contribution in [3.63, 3.8) is 0 Å². The number of hydrogen-bond donors (Lipinski definition) is 2. The molecule has 2 rings (SSSR count). The second-order valence-corrected chi connectivity index (χ2v) is 6.53. The highest BCUT2D eigenvalue weighted by Crippen LogP contribution is 2.26. The average Bonchev–Trinajstić information content (AvgIpc) is 2.91. The molecule has 0 aromatic heterocycles. The van der Waals surface area contributed by atoms with Crippen molar-refractivity contribution in [1.29, 1.82) is 0 Å². The number of aliphatic carboxylic acids is 1. The first-order chi connectivity index (χ1) is 10.5. The van der Waals surface area contributed by atoms with Crippen LogP contribution in [0.15, 0.2) is 18.2 Å². The molecule has 1 aromatic carbocycles. The molecule has 0 saturated heterocycles. The molecule has 1 aliphatic carbocycles. The molecule has 2 atom stereocenters. The van der Waals surface area contributed by atoms with E-state index in [2.05, 4.69) is 5.32 Å². The van der Waals surface area contributed by atoms with Gasteiger partial charge in [0.1, 0.15) is 0 Å². The predicted octanol–water partition coefficient (Wildman–Crippen LogP) is 3.69. The van der Waals surface area contributed by atoms with E-state index in [0.29, 0.717) is 29.3 Å². The van der Waals surface area contributed by atoms with E-state index in [0.717, 1.165) is 24.8 Å². The maximum absolute atomic E-state index is 11.9. The maximum atomic E-state index is 11.9. The zero-order valence-corrected chi connectivity index (χ0v) is 13.7. The van der Waals surface area contributed by atoms with E-state index in [1.54, 1.807) is 6.07 Å². The molecule has 1 amide bonds. The van der Waals surface area contributed by atoms with Crippen LogP contribution in [0.1, 0.15) is 37.7 Å². The van der Waals surface area contributed by atoms with Crippen molar-refractivity contribution >= 4 is 35.1 Å². The average molecular weight is 344 g/mol. The molecule has 1 aliphatic rings. The lowest BCUT2D eigenvalue weighted by molar-refractivity contribution is -0.141. The Morgan fingerprint density at radius 2 is 2.00 bits per heavy atom. The monoisotopic (exact) mass is 343 g/mol. The van der Waals surface area contributed by atoms with Gasteiger partial charge in [-0.15, -0.1) is 0 Å². The van der Waals surface area contributed by atoms with Gasteiger partial charge in [-0.3, -0.25) is 9.59 Å². The number of carbonyl (C=O) groups excluding carboxylic acids is 1. The smallest absolute Gasteiger partial charge is 0.306 e. The second kappa shape index (κ2) is 7.84. The Morgan fingerprint density at radius 3 is 2.64 bits per heavy atom. The molecule has 4 nitrogen and oxygen atoms in total.